The van der Waals surface area contributed by atoms with Crippen LogP contribution in [0.1, 0.15) is 62.1 Å². The Bertz CT molecular complexity index is 437. The van der Waals surface area contributed by atoms with Crippen LogP contribution in [-0.2, 0) is 6.18 Å². The van der Waals surface area contributed by atoms with Crippen molar-refractivity contribution in [3.8, 4) is 0 Å². The molecule has 1 fully saturated rings. The van der Waals surface area contributed by atoms with Crippen LogP contribution in [0, 0.1) is 5.92 Å². The van der Waals surface area contributed by atoms with Crippen LogP contribution in [0.2, 0.25) is 0 Å². The highest BCUT2D eigenvalue weighted by molar-refractivity contribution is 5.32. The Morgan fingerprint density at radius 3 is 2.14 bits per heavy atom. The van der Waals surface area contributed by atoms with Crippen LogP contribution < -0.4 is 11.3 Å². The fraction of sp³-hybridized carbons (Fsp3) is 0.625. The lowest BCUT2D eigenvalue weighted by atomic mass is 9.82. The monoisotopic (exact) mass is 300 g/mol. The van der Waals surface area contributed by atoms with Crippen LogP contribution in [0.5, 0.6) is 0 Å². The minimum Gasteiger partial charge on any atom is -0.271 e. The Balaban J connectivity index is 2.28. The molecule has 0 radical (unpaired) electrons. The molecule has 5 heteroatoms. The number of benzene rings is 1. The molecule has 3 N–H and O–H groups in total. The first-order chi connectivity index (χ1) is 10.0. The first-order valence-corrected chi connectivity index (χ1v) is 7.66. The van der Waals surface area contributed by atoms with Crippen molar-refractivity contribution >= 4 is 0 Å². The van der Waals surface area contributed by atoms with Crippen molar-refractivity contribution < 1.29 is 13.2 Å². The lowest BCUT2D eigenvalue weighted by Gasteiger charge is -2.30. The second kappa shape index (κ2) is 7.27. The second-order valence-corrected chi connectivity index (χ2v) is 5.83. The minimum atomic E-state index is -4.34. The molecule has 0 heterocycles. The predicted molar refractivity (Wildman–Crippen MR) is 77.3 cm³/mol. The number of rotatable bonds is 3. The minimum absolute atomic E-state index is 0.166. The zero-order valence-electron chi connectivity index (χ0n) is 12.1. The van der Waals surface area contributed by atoms with Gasteiger partial charge in [-0.25, -0.2) is 0 Å². The smallest absolute Gasteiger partial charge is 0.271 e. The molecule has 0 spiro atoms. The van der Waals surface area contributed by atoms with Crippen molar-refractivity contribution in [2.45, 2.75) is 57.2 Å². The maximum absolute atomic E-state index is 13.2. The van der Waals surface area contributed by atoms with E-state index < -0.39 is 17.8 Å². The number of hydrazine groups is 1. The largest absolute Gasteiger partial charge is 0.416 e. The van der Waals surface area contributed by atoms with Crippen molar-refractivity contribution in [3.05, 3.63) is 35.4 Å². The molecule has 1 aliphatic rings. The van der Waals surface area contributed by atoms with E-state index in [0.717, 1.165) is 44.6 Å². The molecule has 0 amide bonds. The van der Waals surface area contributed by atoms with Gasteiger partial charge in [-0.05, 0) is 30.4 Å². The lowest BCUT2D eigenvalue weighted by Crippen LogP contribution is -2.35. The van der Waals surface area contributed by atoms with E-state index in [1.807, 2.05) is 0 Å². The zero-order valence-corrected chi connectivity index (χ0v) is 12.1. The molecule has 2 rings (SSSR count). The Kier molecular flexibility index (Phi) is 5.65. The van der Waals surface area contributed by atoms with Gasteiger partial charge >= 0.3 is 6.18 Å². The summed E-state index contributed by atoms with van der Waals surface area (Å²) in [6, 6.07) is 5.34. The van der Waals surface area contributed by atoms with Crippen molar-refractivity contribution in [2.75, 3.05) is 0 Å². The van der Waals surface area contributed by atoms with Crippen molar-refractivity contribution in [3.63, 3.8) is 0 Å². The third-order valence-corrected chi connectivity index (χ3v) is 4.40. The van der Waals surface area contributed by atoms with Crippen LogP contribution in [0.25, 0.3) is 0 Å². The van der Waals surface area contributed by atoms with Crippen LogP contribution in [0.15, 0.2) is 24.3 Å². The van der Waals surface area contributed by atoms with Crippen LogP contribution in [-0.4, -0.2) is 0 Å². The second-order valence-electron chi connectivity index (χ2n) is 5.83. The maximum atomic E-state index is 13.2. The molecule has 1 unspecified atom stereocenters. The summed E-state index contributed by atoms with van der Waals surface area (Å²) < 4.78 is 39.6. The van der Waals surface area contributed by atoms with Gasteiger partial charge in [0.25, 0.3) is 0 Å². The van der Waals surface area contributed by atoms with E-state index in [9.17, 15) is 13.2 Å². The summed E-state index contributed by atoms with van der Waals surface area (Å²) in [5, 5.41) is 0. The molecule has 1 aliphatic carbocycles. The van der Waals surface area contributed by atoms with Gasteiger partial charge in [0.05, 0.1) is 5.56 Å². The quantitative estimate of drug-likeness (QED) is 0.634. The molecule has 118 valence electrons. The first-order valence-electron chi connectivity index (χ1n) is 7.66. The van der Waals surface area contributed by atoms with Crippen LogP contribution in [0.3, 0.4) is 0 Å². The Morgan fingerprint density at radius 2 is 1.57 bits per heavy atom. The van der Waals surface area contributed by atoms with Gasteiger partial charge in [-0.1, -0.05) is 50.3 Å². The fourth-order valence-electron chi connectivity index (χ4n) is 3.33. The van der Waals surface area contributed by atoms with Gasteiger partial charge in [0, 0.05) is 6.04 Å². The van der Waals surface area contributed by atoms with E-state index in [-0.39, 0.29) is 11.5 Å². The van der Waals surface area contributed by atoms with E-state index in [2.05, 4.69) is 5.43 Å². The molecule has 1 saturated carbocycles. The number of hydrogen-bond acceptors (Lipinski definition) is 2. The van der Waals surface area contributed by atoms with E-state index >= 15 is 0 Å². The molecule has 2 nitrogen and oxygen atoms in total. The van der Waals surface area contributed by atoms with E-state index in [1.165, 1.54) is 12.5 Å². The first kappa shape index (κ1) is 16.3. The number of nitrogens with two attached hydrogens (primary N) is 1. The lowest BCUT2D eigenvalue weighted by molar-refractivity contribution is -0.138. The van der Waals surface area contributed by atoms with Gasteiger partial charge in [0.15, 0.2) is 0 Å². The third-order valence-electron chi connectivity index (χ3n) is 4.40. The molecular formula is C16H23F3N2. The number of nitrogens with one attached hydrogen (secondary N) is 1. The average Bonchev–Trinajstić information content (AvgIpc) is 2.41. The standard InChI is InChI=1S/C16H23F3N2/c17-16(18,19)14-11-7-6-10-13(14)15(21-20)12-8-4-2-1-3-5-9-12/h6-7,10-12,15,21H,1-5,8-9,20H2. The Hall–Kier alpha value is -1.07. The zero-order chi connectivity index (χ0) is 15.3. The van der Waals surface area contributed by atoms with E-state index in [0.29, 0.717) is 0 Å². The van der Waals surface area contributed by atoms with Gasteiger partial charge in [0.1, 0.15) is 0 Å². The SMILES string of the molecule is NNC(c1ccccc1C(F)(F)F)C1CCCCCCC1. The number of alkyl halides is 3. The summed E-state index contributed by atoms with van der Waals surface area (Å²) in [5.74, 6) is 5.79. The topological polar surface area (TPSA) is 38.0 Å². The highest BCUT2D eigenvalue weighted by atomic mass is 19.4. The van der Waals surface area contributed by atoms with Gasteiger partial charge in [-0.3, -0.25) is 11.3 Å². The Labute approximate surface area is 123 Å². The molecule has 1 atom stereocenters. The van der Waals surface area contributed by atoms with Gasteiger partial charge in [-0.2, -0.15) is 13.2 Å². The van der Waals surface area contributed by atoms with Gasteiger partial charge in [0.2, 0.25) is 0 Å². The molecule has 1 aromatic carbocycles. The van der Waals surface area contributed by atoms with Gasteiger partial charge in [-0.15, -0.1) is 0 Å². The molecule has 21 heavy (non-hydrogen) atoms. The molecule has 0 saturated heterocycles. The van der Waals surface area contributed by atoms with Crippen molar-refractivity contribution in [1.29, 1.82) is 0 Å². The number of halogens is 3. The summed E-state index contributed by atoms with van der Waals surface area (Å²) >= 11 is 0. The van der Waals surface area contributed by atoms with Crippen molar-refractivity contribution in [2.24, 2.45) is 11.8 Å². The highest BCUT2D eigenvalue weighted by Gasteiger charge is 2.36. The van der Waals surface area contributed by atoms with Crippen LogP contribution in [0.4, 0.5) is 13.2 Å². The van der Waals surface area contributed by atoms with E-state index in [1.54, 1.807) is 12.1 Å². The predicted octanol–water partition coefficient (Wildman–Crippen LogP) is 4.57. The summed E-state index contributed by atoms with van der Waals surface area (Å²) in [6.07, 6.45) is 3.21. The molecule has 0 aliphatic heterocycles. The average molecular weight is 300 g/mol. The normalized spacial score (nSPS) is 19.8. The fourth-order valence-corrected chi connectivity index (χ4v) is 3.33. The summed E-state index contributed by atoms with van der Waals surface area (Å²) in [6.45, 7) is 0. The maximum Gasteiger partial charge on any atom is 0.416 e. The Morgan fingerprint density at radius 1 is 1.00 bits per heavy atom. The van der Waals surface area contributed by atoms with Gasteiger partial charge < -0.3 is 0 Å². The highest BCUT2D eigenvalue weighted by Crippen LogP contribution is 2.39. The molecular weight excluding hydrogens is 277 g/mol. The summed E-state index contributed by atoms with van der Waals surface area (Å²) in [7, 11) is 0. The molecule has 1 aromatic rings. The molecule has 0 bridgehead atoms. The van der Waals surface area contributed by atoms with Crippen molar-refractivity contribution in [1.82, 2.24) is 5.43 Å². The molecule has 0 aromatic heterocycles. The van der Waals surface area contributed by atoms with E-state index in [4.69, 9.17) is 5.84 Å². The number of hydrogen-bond donors (Lipinski definition) is 2. The van der Waals surface area contributed by atoms with Crippen LogP contribution >= 0.6 is 0 Å². The summed E-state index contributed by atoms with van der Waals surface area (Å²) in [4.78, 5) is 0. The third kappa shape index (κ3) is 4.20. The summed E-state index contributed by atoms with van der Waals surface area (Å²) in [5.41, 5.74) is 2.35.